The van der Waals surface area contributed by atoms with E-state index in [0.717, 1.165) is 22.2 Å². The number of aromatic amines is 1. The van der Waals surface area contributed by atoms with Gasteiger partial charge in [-0.2, -0.15) is 14.5 Å². The molecule has 2 amide bonds. The molecule has 1 aliphatic heterocycles. The van der Waals surface area contributed by atoms with Crippen LogP contribution < -0.4 is 10.2 Å². The number of halogens is 1. The van der Waals surface area contributed by atoms with Gasteiger partial charge in [-0.3, -0.25) is 10.00 Å². The molecule has 5 rings (SSSR count). The fraction of sp³-hybridized carbons (Fsp3) is 0.250. The maximum absolute atomic E-state index is 12.7. The number of amides is 2. The Bertz CT molecular complexity index is 1270. The van der Waals surface area contributed by atoms with E-state index in [2.05, 4.69) is 29.9 Å². The molecule has 0 saturated carbocycles. The van der Waals surface area contributed by atoms with Crippen LogP contribution in [0.5, 0.6) is 0 Å². The Hall–Kier alpha value is -3.24. The summed E-state index contributed by atoms with van der Waals surface area (Å²) in [6.07, 6.45) is 3.36. The molecule has 2 N–H and O–H groups in total. The molecule has 9 nitrogen and oxygen atoms in total. The molecule has 3 aromatic heterocycles. The Labute approximate surface area is 187 Å². The fourth-order valence-corrected chi connectivity index (χ4v) is 4.40. The first-order valence-electron chi connectivity index (χ1n) is 9.78. The molecule has 1 aliphatic rings. The van der Waals surface area contributed by atoms with Gasteiger partial charge in [0.25, 0.3) is 0 Å². The number of rotatable bonds is 5. The van der Waals surface area contributed by atoms with Gasteiger partial charge in [-0.15, -0.1) is 0 Å². The standard InChI is InChI=1S/C20H19ClN8OS/c1-11(2)28-7-8-29(20(28)30)16-9-12(5-6-22-16)18-25-19(31-27-18)24-15-4-3-14-13(17(15)21)10-23-26-14/h3-6,9-11H,7-8H2,1-2H3,(H,23,26)(H,24,25,27). The third-order valence-electron chi connectivity index (χ3n) is 5.17. The first-order valence-corrected chi connectivity index (χ1v) is 10.9. The lowest BCUT2D eigenvalue weighted by atomic mass is 10.2. The summed E-state index contributed by atoms with van der Waals surface area (Å²) in [7, 11) is 0. The minimum absolute atomic E-state index is 0.0301. The van der Waals surface area contributed by atoms with Gasteiger partial charge in [0.2, 0.25) is 5.13 Å². The highest BCUT2D eigenvalue weighted by Gasteiger charge is 2.32. The molecule has 31 heavy (non-hydrogen) atoms. The second-order valence-electron chi connectivity index (χ2n) is 7.43. The monoisotopic (exact) mass is 454 g/mol. The lowest BCUT2D eigenvalue weighted by Crippen LogP contribution is -2.36. The van der Waals surface area contributed by atoms with Crippen molar-refractivity contribution in [2.45, 2.75) is 19.9 Å². The Morgan fingerprint density at radius 1 is 1.26 bits per heavy atom. The number of pyridine rings is 1. The van der Waals surface area contributed by atoms with E-state index in [1.54, 1.807) is 17.3 Å². The van der Waals surface area contributed by atoms with Gasteiger partial charge in [0.15, 0.2) is 5.82 Å². The van der Waals surface area contributed by atoms with Crippen LogP contribution in [-0.2, 0) is 0 Å². The third kappa shape index (κ3) is 3.57. The SMILES string of the molecule is CC(C)N1CCN(c2cc(-c3nsc(Nc4ccc5[nH]ncc5c4Cl)n3)ccn2)C1=O. The zero-order chi connectivity index (χ0) is 21.5. The Balaban J connectivity index is 1.38. The van der Waals surface area contributed by atoms with Crippen LogP contribution in [0.4, 0.5) is 21.4 Å². The van der Waals surface area contributed by atoms with Crippen molar-refractivity contribution in [3.05, 3.63) is 41.7 Å². The summed E-state index contributed by atoms with van der Waals surface area (Å²) in [5, 5.41) is 12.1. The van der Waals surface area contributed by atoms with Gasteiger partial charge in [-0.05, 0) is 38.1 Å². The minimum Gasteiger partial charge on any atom is -0.329 e. The number of fused-ring (bicyclic) bond motifs is 1. The van der Waals surface area contributed by atoms with E-state index in [-0.39, 0.29) is 12.1 Å². The molecular weight excluding hydrogens is 436 g/mol. The number of hydrogen-bond donors (Lipinski definition) is 2. The van der Waals surface area contributed by atoms with Crippen LogP contribution in [-0.4, -0.2) is 54.6 Å². The van der Waals surface area contributed by atoms with Crippen molar-refractivity contribution >= 4 is 56.7 Å². The molecule has 0 aliphatic carbocycles. The third-order valence-corrected chi connectivity index (χ3v) is 6.21. The van der Waals surface area contributed by atoms with E-state index >= 15 is 0 Å². The van der Waals surface area contributed by atoms with Crippen LogP contribution in [0.25, 0.3) is 22.3 Å². The van der Waals surface area contributed by atoms with E-state index in [9.17, 15) is 4.79 Å². The number of benzene rings is 1. The van der Waals surface area contributed by atoms with Crippen LogP contribution >= 0.6 is 23.1 Å². The van der Waals surface area contributed by atoms with Gasteiger partial charge in [0.1, 0.15) is 5.82 Å². The lowest BCUT2D eigenvalue weighted by Gasteiger charge is -2.21. The first-order chi connectivity index (χ1) is 15.0. The zero-order valence-electron chi connectivity index (χ0n) is 16.8. The predicted octanol–water partition coefficient (Wildman–Crippen LogP) is 4.52. The molecule has 0 unspecified atom stereocenters. The fourth-order valence-electron chi connectivity index (χ4n) is 3.54. The van der Waals surface area contributed by atoms with Crippen LogP contribution in [0, 0.1) is 0 Å². The van der Waals surface area contributed by atoms with Crippen LogP contribution in [0.15, 0.2) is 36.7 Å². The van der Waals surface area contributed by atoms with Gasteiger partial charge in [0.05, 0.1) is 22.4 Å². The van der Waals surface area contributed by atoms with Crippen LogP contribution in [0.2, 0.25) is 5.02 Å². The van der Waals surface area contributed by atoms with Gasteiger partial charge < -0.3 is 10.2 Å². The zero-order valence-corrected chi connectivity index (χ0v) is 18.4. The summed E-state index contributed by atoms with van der Waals surface area (Å²) in [6, 6.07) is 7.58. The molecule has 4 aromatic rings. The highest BCUT2D eigenvalue weighted by atomic mass is 35.5. The normalized spacial score (nSPS) is 14.3. The summed E-state index contributed by atoms with van der Waals surface area (Å²) in [5.74, 6) is 1.16. The summed E-state index contributed by atoms with van der Waals surface area (Å²) in [4.78, 5) is 25.2. The molecule has 0 bridgehead atoms. The van der Waals surface area contributed by atoms with Crippen molar-refractivity contribution in [1.29, 1.82) is 0 Å². The van der Waals surface area contributed by atoms with Gasteiger partial charge in [-0.25, -0.2) is 9.78 Å². The number of nitrogens with one attached hydrogen (secondary N) is 2. The number of aromatic nitrogens is 5. The highest BCUT2D eigenvalue weighted by Crippen LogP contribution is 2.33. The molecule has 1 aromatic carbocycles. The predicted molar refractivity (Wildman–Crippen MR) is 122 cm³/mol. The lowest BCUT2D eigenvalue weighted by molar-refractivity contribution is 0.209. The second kappa shape index (κ2) is 7.78. The number of carbonyl (C=O) groups is 1. The van der Waals surface area contributed by atoms with Crippen molar-refractivity contribution in [1.82, 2.24) is 29.4 Å². The Morgan fingerprint density at radius 2 is 2.13 bits per heavy atom. The minimum atomic E-state index is -0.0301. The van der Waals surface area contributed by atoms with Crippen molar-refractivity contribution in [3.63, 3.8) is 0 Å². The molecule has 11 heteroatoms. The first kappa shape index (κ1) is 19.7. The molecule has 1 fully saturated rings. The van der Waals surface area contributed by atoms with Crippen LogP contribution in [0.1, 0.15) is 13.8 Å². The summed E-state index contributed by atoms with van der Waals surface area (Å²) in [6.45, 7) is 5.32. The summed E-state index contributed by atoms with van der Waals surface area (Å²) < 4.78 is 4.46. The largest absolute Gasteiger partial charge is 0.329 e. The topological polar surface area (TPSA) is 103 Å². The molecule has 158 valence electrons. The number of H-pyrrole nitrogens is 1. The summed E-state index contributed by atoms with van der Waals surface area (Å²) >= 11 is 7.72. The molecule has 4 heterocycles. The van der Waals surface area contributed by atoms with Crippen molar-refractivity contribution in [2.75, 3.05) is 23.3 Å². The smallest absolute Gasteiger partial charge is 0.326 e. The number of urea groups is 1. The van der Waals surface area contributed by atoms with Crippen molar-refractivity contribution in [2.24, 2.45) is 0 Å². The van der Waals surface area contributed by atoms with E-state index in [4.69, 9.17) is 11.6 Å². The molecule has 0 radical (unpaired) electrons. The molecule has 1 saturated heterocycles. The van der Waals surface area contributed by atoms with Gasteiger partial charge in [-0.1, -0.05) is 11.6 Å². The number of carbonyl (C=O) groups excluding carboxylic acids is 1. The highest BCUT2D eigenvalue weighted by molar-refractivity contribution is 7.10. The average molecular weight is 455 g/mol. The van der Waals surface area contributed by atoms with Gasteiger partial charge >= 0.3 is 6.03 Å². The molecule has 0 spiro atoms. The molecule has 0 atom stereocenters. The van der Waals surface area contributed by atoms with Crippen molar-refractivity contribution < 1.29 is 4.79 Å². The maximum Gasteiger partial charge on any atom is 0.326 e. The van der Waals surface area contributed by atoms with Crippen molar-refractivity contribution in [3.8, 4) is 11.4 Å². The second-order valence-corrected chi connectivity index (χ2v) is 8.56. The number of nitrogens with zero attached hydrogens (tertiary/aromatic N) is 6. The molecular formula is C20H19ClN8OS. The van der Waals surface area contributed by atoms with Crippen LogP contribution in [0.3, 0.4) is 0 Å². The summed E-state index contributed by atoms with van der Waals surface area (Å²) in [5.41, 5.74) is 2.39. The van der Waals surface area contributed by atoms with E-state index in [1.807, 2.05) is 43.0 Å². The van der Waals surface area contributed by atoms with E-state index in [1.165, 1.54) is 11.5 Å². The number of anilines is 3. The van der Waals surface area contributed by atoms with E-state index < -0.39 is 0 Å². The quantitative estimate of drug-likeness (QED) is 0.459. The number of hydrogen-bond acceptors (Lipinski definition) is 7. The Morgan fingerprint density at radius 3 is 2.94 bits per heavy atom. The van der Waals surface area contributed by atoms with E-state index in [0.29, 0.717) is 34.9 Å². The Kier molecular flexibility index (Phi) is 4.95. The maximum atomic E-state index is 12.7. The average Bonchev–Trinajstić information content (AvgIpc) is 3.50. The van der Waals surface area contributed by atoms with Gasteiger partial charge in [0, 0.05) is 47.8 Å².